The molecule has 22 nitrogen and oxygen atoms in total. The Morgan fingerprint density at radius 3 is 1.19 bits per heavy atom. The molecule has 8 atom stereocenters. The van der Waals surface area contributed by atoms with Crippen LogP contribution in [-0.4, -0.2) is 155 Å². The molecule has 0 aliphatic carbocycles. The lowest BCUT2D eigenvalue weighted by molar-refractivity contribution is -0.152. The van der Waals surface area contributed by atoms with Crippen molar-refractivity contribution in [1.82, 2.24) is 52.8 Å². The van der Waals surface area contributed by atoms with Gasteiger partial charge in [0.2, 0.25) is 47.3 Å². The lowest BCUT2D eigenvalue weighted by Gasteiger charge is -2.41. The van der Waals surface area contributed by atoms with Crippen LogP contribution in [0.15, 0.2) is 121 Å². The molecule has 1 saturated heterocycles. The van der Waals surface area contributed by atoms with Crippen molar-refractivity contribution in [2.24, 2.45) is 23.3 Å². The van der Waals surface area contributed by atoms with E-state index in [4.69, 9.17) is 11.5 Å². The van der Waals surface area contributed by atoms with E-state index >= 15 is 0 Å². The van der Waals surface area contributed by atoms with Gasteiger partial charge in [-0.2, -0.15) is 0 Å². The number of nitrogens with two attached hydrogens (primary N) is 2. The Hall–Kier alpha value is -8.05. The molecular weight excluding hydrogens is 1180 g/mol. The first-order chi connectivity index (χ1) is 44.3. The van der Waals surface area contributed by atoms with E-state index in [1.165, 1.54) is 4.90 Å². The van der Waals surface area contributed by atoms with Gasteiger partial charge in [-0.3, -0.25) is 38.4 Å². The summed E-state index contributed by atoms with van der Waals surface area (Å²) in [6, 6.07) is 28.5. The van der Waals surface area contributed by atoms with Gasteiger partial charge in [0.15, 0.2) is 0 Å². The molecule has 4 aromatic carbocycles. The Morgan fingerprint density at radius 1 is 0.430 bits per heavy atom. The van der Waals surface area contributed by atoms with Gasteiger partial charge in [-0.05, 0) is 124 Å². The monoisotopic (exact) mass is 1280 g/mol. The van der Waals surface area contributed by atoms with Crippen LogP contribution in [-0.2, 0) is 68.8 Å². The van der Waals surface area contributed by atoms with E-state index in [1.807, 2.05) is 177 Å². The molecule has 0 aromatic heterocycles. The number of carboxylic acid groups (broad SMARTS) is 1. The molecule has 0 bridgehead atoms. The number of carbonyl (C=O) groups excluding carboxylic acids is 8. The SMILES string of the molecule is CC(C)C[C@@H](NC(=O)[C@@H](Cc1ccccc1)NC(=O)[C@H](N)Cc1ccccc1)C(=O)N[C@H](CCCNC(C)C)C(=O)NC1(C(=O)O)CCN(C(=O)[C@@H](CCCNC(C)C)NC(=O)[C@@H](CC(C)C)NC(=O)[C@@H](CCc2ccccc2)NC(=O)[C@H](N)Cc2ccccc2)CC1. The van der Waals surface area contributed by atoms with Crippen molar-refractivity contribution in [3.05, 3.63) is 144 Å². The van der Waals surface area contributed by atoms with Crippen LogP contribution in [0.5, 0.6) is 0 Å². The van der Waals surface area contributed by atoms with Crippen molar-refractivity contribution in [2.45, 2.75) is 205 Å². The first-order valence-electron chi connectivity index (χ1n) is 33.1. The molecule has 1 heterocycles. The number of hydrogen-bond donors (Lipinski definition) is 12. The number of benzene rings is 4. The van der Waals surface area contributed by atoms with E-state index in [0.717, 1.165) is 22.3 Å². The Labute approximate surface area is 549 Å². The van der Waals surface area contributed by atoms with Gasteiger partial charge in [0.25, 0.3) is 0 Å². The topological polar surface area (TPSA) is 337 Å². The highest BCUT2D eigenvalue weighted by molar-refractivity contribution is 5.97. The molecule has 14 N–H and O–H groups in total. The predicted octanol–water partition coefficient (Wildman–Crippen LogP) is 4.12. The van der Waals surface area contributed by atoms with Crippen LogP contribution in [0.3, 0.4) is 0 Å². The third-order valence-corrected chi connectivity index (χ3v) is 16.5. The summed E-state index contributed by atoms with van der Waals surface area (Å²) in [6.07, 6.45) is 2.18. The maximum atomic E-state index is 14.8. The lowest BCUT2D eigenvalue weighted by Crippen LogP contribution is -2.65. The van der Waals surface area contributed by atoms with Crippen molar-refractivity contribution in [2.75, 3.05) is 26.2 Å². The van der Waals surface area contributed by atoms with Crippen molar-refractivity contribution in [3.63, 3.8) is 0 Å². The zero-order chi connectivity index (χ0) is 68.0. The van der Waals surface area contributed by atoms with Crippen molar-refractivity contribution >= 4 is 53.2 Å². The number of nitrogens with zero attached hydrogens (tertiary/aromatic N) is 1. The number of likely N-dealkylation sites (tertiary alicyclic amines) is 1. The van der Waals surface area contributed by atoms with E-state index < -0.39 is 107 Å². The molecule has 0 saturated carbocycles. The molecule has 508 valence electrons. The van der Waals surface area contributed by atoms with Crippen LogP contribution in [0, 0.1) is 11.8 Å². The molecule has 0 spiro atoms. The predicted molar refractivity (Wildman–Crippen MR) is 361 cm³/mol. The molecule has 0 radical (unpaired) electrons. The third-order valence-electron chi connectivity index (χ3n) is 16.5. The fourth-order valence-electron chi connectivity index (χ4n) is 11.2. The average molecular weight is 1290 g/mol. The maximum Gasteiger partial charge on any atom is 0.329 e. The molecule has 8 amide bonds. The summed E-state index contributed by atoms with van der Waals surface area (Å²) in [4.78, 5) is 130. The number of piperidine rings is 1. The summed E-state index contributed by atoms with van der Waals surface area (Å²) in [6.45, 7) is 16.2. The minimum atomic E-state index is -1.88. The minimum Gasteiger partial charge on any atom is -0.480 e. The van der Waals surface area contributed by atoms with Crippen LogP contribution in [0.2, 0.25) is 0 Å². The molecule has 93 heavy (non-hydrogen) atoms. The van der Waals surface area contributed by atoms with E-state index in [1.54, 1.807) is 0 Å². The van der Waals surface area contributed by atoms with Crippen molar-refractivity contribution in [3.8, 4) is 0 Å². The number of carboxylic acids is 1. The summed E-state index contributed by atoms with van der Waals surface area (Å²) in [5, 5.41) is 37.6. The molecule has 5 rings (SSSR count). The average Bonchev–Trinajstić information content (AvgIpc) is 0.844. The first-order valence-corrected chi connectivity index (χ1v) is 33.1. The highest BCUT2D eigenvalue weighted by Gasteiger charge is 2.46. The molecule has 1 aliphatic heterocycles. The van der Waals surface area contributed by atoms with Gasteiger partial charge < -0.3 is 69.3 Å². The number of amides is 8. The van der Waals surface area contributed by atoms with Crippen molar-refractivity contribution < 1.29 is 48.3 Å². The van der Waals surface area contributed by atoms with E-state index in [9.17, 15) is 48.3 Å². The van der Waals surface area contributed by atoms with Gasteiger partial charge in [-0.25, -0.2) is 4.79 Å². The number of rotatable bonds is 39. The summed E-state index contributed by atoms with van der Waals surface area (Å²) in [5.41, 5.74) is 14.2. The number of aryl methyl sites for hydroxylation is 1. The van der Waals surface area contributed by atoms with Gasteiger partial charge in [-0.1, -0.05) is 177 Å². The normalized spacial score (nSPS) is 15.6. The van der Waals surface area contributed by atoms with Gasteiger partial charge in [0, 0.05) is 31.6 Å². The molecule has 4 aromatic rings. The second-order valence-corrected chi connectivity index (χ2v) is 26.1. The second-order valence-electron chi connectivity index (χ2n) is 26.1. The first kappa shape index (κ1) is 75.7. The fourth-order valence-corrected chi connectivity index (χ4v) is 11.2. The number of hydrogen-bond acceptors (Lipinski definition) is 13. The molecule has 22 heteroatoms. The number of aliphatic carboxylic acids is 1. The maximum absolute atomic E-state index is 14.8. The Kier molecular flexibility index (Phi) is 31.6. The van der Waals surface area contributed by atoms with Gasteiger partial charge in [0.1, 0.15) is 41.8 Å². The number of carbonyl (C=O) groups is 9. The van der Waals surface area contributed by atoms with Crippen LogP contribution < -0.4 is 59.3 Å². The number of nitrogens with one attached hydrogen (secondary N) is 9. The highest BCUT2D eigenvalue weighted by atomic mass is 16.4. The third kappa shape index (κ3) is 26.5. The Bertz CT molecular complexity index is 2980. The summed E-state index contributed by atoms with van der Waals surface area (Å²) in [7, 11) is 0. The van der Waals surface area contributed by atoms with Crippen LogP contribution in [0.4, 0.5) is 0 Å². The Morgan fingerprint density at radius 2 is 0.774 bits per heavy atom. The summed E-state index contributed by atoms with van der Waals surface area (Å²) in [5.74, 6) is -6.47. The van der Waals surface area contributed by atoms with Gasteiger partial charge in [0.05, 0.1) is 12.1 Å². The van der Waals surface area contributed by atoms with Crippen LogP contribution in [0.1, 0.15) is 135 Å². The summed E-state index contributed by atoms with van der Waals surface area (Å²) < 4.78 is 0. The largest absolute Gasteiger partial charge is 0.480 e. The summed E-state index contributed by atoms with van der Waals surface area (Å²) >= 11 is 0. The Balaban J connectivity index is 1.33. The molecule has 0 unspecified atom stereocenters. The molecular formula is C71H104N12O10. The van der Waals surface area contributed by atoms with Crippen LogP contribution >= 0.6 is 0 Å². The van der Waals surface area contributed by atoms with Gasteiger partial charge in [-0.15, -0.1) is 0 Å². The second kappa shape index (κ2) is 38.8. The lowest BCUT2D eigenvalue weighted by atomic mass is 9.86. The molecule has 1 fully saturated rings. The smallest absolute Gasteiger partial charge is 0.329 e. The fraction of sp³-hybridized carbons (Fsp3) is 0.535. The highest BCUT2D eigenvalue weighted by Crippen LogP contribution is 2.25. The van der Waals surface area contributed by atoms with E-state index in [0.29, 0.717) is 32.4 Å². The minimum absolute atomic E-state index is 0.0803. The van der Waals surface area contributed by atoms with Crippen LogP contribution in [0.25, 0.3) is 0 Å². The van der Waals surface area contributed by atoms with Crippen molar-refractivity contribution in [1.29, 1.82) is 0 Å². The zero-order valence-electron chi connectivity index (χ0n) is 55.7. The van der Waals surface area contributed by atoms with E-state index in [-0.39, 0.29) is 101 Å². The molecule has 1 aliphatic rings. The quantitative estimate of drug-likeness (QED) is 0.0280. The van der Waals surface area contributed by atoms with Gasteiger partial charge >= 0.3 is 5.97 Å². The standard InChI is InChI=1S/C71H104N12O10/c1-46(2)41-59(81-67(89)61(45-53-29-19-12-20-30-53)79-63(85)55(73)44-52-27-17-11-18-28-52)65(87)77-56(31-21-37-74-48(5)6)68(90)82-71(70(92)93)35-39-83(40-36-71)69(91)58(32-22-38-75-49(7)8)78-66(88)60(42-47(3)4)80-64(86)57(34-33-50-23-13-9-14-24-50)76-62(84)54(72)43-51-25-15-10-16-26-51/h9-20,23-30,46-49,54-61,74-75H,21-22,31-45,72-73H2,1-8H3,(H,76,84)(H,77,87)(H,78,88)(H,79,85)(H,80,86)(H,81,89)(H,82,90)(H,92,93)/t54-,55-,56-,57-,58-,59-,60-,61-/m1/s1. The van der Waals surface area contributed by atoms with E-state index in [2.05, 4.69) is 47.9 Å². The zero-order valence-corrected chi connectivity index (χ0v) is 55.7.